The van der Waals surface area contributed by atoms with Crippen molar-refractivity contribution in [2.75, 3.05) is 13.1 Å². The molecule has 7 heteroatoms. The second kappa shape index (κ2) is 8.36. The molecule has 0 aromatic heterocycles. The molecule has 0 fully saturated rings. The highest BCUT2D eigenvalue weighted by Gasteiger charge is 2.37. The molecule has 2 aliphatic rings. The number of rotatable bonds is 3. The Balaban J connectivity index is 1.43. The van der Waals surface area contributed by atoms with Crippen LogP contribution in [0.1, 0.15) is 22.6 Å². The summed E-state index contributed by atoms with van der Waals surface area (Å²) in [6.07, 6.45) is 0. The van der Waals surface area contributed by atoms with Gasteiger partial charge >= 0.3 is 0 Å². The van der Waals surface area contributed by atoms with Gasteiger partial charge in [0.15, 0.2) is 5.17 Å². The van der Waals surface area contributed by atoms with Gasteiger partial charge in [-0.15, -0.1) is 0 Å². The molecule has 0 unspecified atom stereocenters. The number of halogens is 2. The second-order valence-electron chi connectivity index (χ2n) is 7.25. The zero-order valence-electron chi connectivity index (χ0n) is 16.4. The maximum absolute atomic E-state index is 14.2. The normalized spacial score (nSPS) is 15.2. The summed E-state index contributed by atoms with van der Waals surface area (Å²) in [6, 6.07) is 19.8. The molecule has 2 aliphatic heterocycles. The van der Waals surface area contributed by atoms with Crippen LogP contribution in [0, 0.1) is 5.82 Å². The number of carbonyl (C=O) groups excluding carboxylic acids is 1. The van der Waals surface area contributed by atoms with Gasteiger partial charge in [0.25, 0.3) is 0 Å². The Labute approximate surface area is 188 Å². The van der Waals surface area contributed by atoms with E-state index in [2.05, 4.69) is 4.99 Å². The van der Waals surface area contributed by atoms with Crippen molar-refractivity contribution in [3.8, 4) is 11.5 Å². The third-order valence-corrected chi connectivity index (χ3v) is 6.80. The lowest BCUT2D eigenvalue weighted by molar-refractivity contribution is -0.127. The average molecular weight is 453 g/mol. The Morgan fingerprint density at radius 3 is 2.42 bits per heavy atom. The summed E-state index contributed by atoms with van der Waals surface area (Å²) in [7, 11) is 0. The number of aliphatic imine (C=N–C) groups is 1. The maximum atomic E-state index is 14.2. The van der Waals surface area contributed by atoms with E-state index >= 15 is 0 Å². The van der Waals surface area contributed by atoms with Gasteiger partial charge in [0.05, 0.1) is 12.5 Å². The first-order chi connectivity index (χ1) is 15.1. The van der Waals surface area contributed by atoms with Gasteiger partial charge in [-0.3, -0.25) is 14.7 Å². The first-order valence-electron chi connectivity index (χ1n) is 9.90. The number of hydrogen-bond donors (Lipinski definition) is 0. The molecule has 0 saturated heterocycles. The van der Waals surface area contributed by atoms with Gasteiger partial charge in [-0.2, -0.15) is 0 Å². The van der Waals surface area contributed by atoms with Crippen LogP contribution in [0.5, 0.6) is 11.5 Å². The van der Waals surface area contributed by atoms with Crippen molar-refractivity contribution in [2.24, 2.45) is 4.99 Å². The molecule has 0 bridgehead atoms. The third-order valence-electron chi connectivity index (χ3n) is 5.40. The van der Waals surface area contributed by atoms with Gasteiger partial charge in [0, 0.05) is 34.0 Å². The highest BCUT2D eigenvalue weighted by atomic mass is 35.5. The molecule has 3 aromatic carbocycles. The molecular formula is C24H18ClFN2O2S. The van der Waals surface area contributed by atoms with E-state index < -0.39 is 5.92 Å². The number of benzene rings is 3. The smallest absolute Gasteiger partial charge is 0.240 e. The summed E-state index contributed by atoms with van der Waals surface area (Å²) in [5.41, 5.74) is 2.08. The largest absolute Gasteiger partial charge is 0.457 e. The van der Waals surface area contributed by atoms with Crippen LogP contribution in [0.25, 0.3) is 0 Å². The Hall–Kier alpha value is -2.83. The fraction of sp³-hybridized carbons (Fsp3) is 0.167. The molecule has 4 nitrogen and oxygen atoms in total. The molecule has 5 rings (SSSR count). The summed E-state index contributed by atoms with van der Waals surface area (Å²) < 4.78 is 20.2. The van der Waals surface area contributed by atoms with Crippen LogP contribution in [0.15, 0.2) is 71.7 Å². The molecule has 0 radical (unpaired) electrons. The predicted molar refractivity (Wildman–Crippen MR) is 122 cm³/mol. The van der Waals surface area contributed by atoms with E-state index in [1.54, 1.807) is 17.0 Å². The summed E-state index contributed by atoms with van der Waals surface area (Å²) in [5, 5.41) is 0.960. The second-order valence-corrected chi connectivity index (χ2v) is 8.60. The molecule has 3 aromatic rings. The van der Waals surface area contributed by atoms with Crippen LogP contribution >= 0.6 is 23.4 Å². The van der Waals surface area contributed by atoms with E-state index in [0.717, 1.165) is 11.1 Å². The first kappa shape index (κ1) is 20.1. The molecular weight excluding hydrogens is 435 g/mol. The van der Waals surface area contributed by atoms with Crippen LogP contribution in [-0.4, -0.2) is 29.1 Å². The van der Waals surface area contributed by atoms with E-state index in [1.165, 1.54) is 17.8 Å². The fourth-order valence-corrected chi connectivity index (χ4v) is 5.29. The fourth-order valence-electron chi connectivity index (χ4n) is 3.89. The SMILES string of the molecule is O=C(C1c2ccccc2Oc2ccccc21)N1CCN=C1SCc1c(F)cccc1Cl. The molecule has 1 amide bonds. The van der Waals surface area contributed by atoms with Crippen molar-refractivity contribution in [1.82, 2.24) is 4.90 Å². The number of amides is 1. The lowest BCUT2D eigenvalue weighted by Gasteiger charge is -2.30. The van der Waals surface area contributed by atoms with E-state index in [4.69, 9.17) is 16.3 Å². The Bertz CT molecular complexity index is 1130. The van der Waals surface area contributed by atoms with Crippen molar-refractivity contribution in [1.29, 1.82) is 0 Å². The van der Waals surface area contributed by atoms with Crippen molar-refractivity contribution < 1.29 is 13.9 Å². The van der Waals surface area contributed by atoms with Crippen molar-refractivity contribution >= 4 is 34.4 Å². The molecule has 0 atom stereocenters. The standard InChI is InChI=1S/C24H18ClFN2O2S/c25-18-8-5-9-19(26)17(18)14-31-24-27-12-13-28(24)23(29)22-15-6-1-3-10-20(15)30-21-11-4-2-7-16(21)22/h1-11,22H,12-14H2. The molecule has 0 spiro atoms. The van der Waals surface area contributed by atoms with Gasteiger partial charge in [-0.05, 0) is 24.3 Å². The van der Waals surface area contributed by atoms with E-state index in [-0.39, 0.29) is 11.7 Å². The lowest BCUT2D eigenvalue weighted by Crippen LogP contribution is -2.38. The van der Waals surface area contributed by atoms with E-state index in [0.29, 0.717) is 46.1 Å². The monoisotopic (exact) mass is 452 g/mol. The summed E-state index contributed by atoms with van der Waals surface area (Å²) in [5.74, 6) is 0.762. The van der Waals surface area contributed by atoms with Gasteiger partial charge in [-0.1, -0.05) is 65.8 Å². The molecule has 0 aliphatic carbocycles. The highest BCUT2D eigenvalue weighted by Crippen LogP contribution is 2.45. The number of nitrogens with zero attached hydrogens (tertiary/aromatic N) is 2. The molecule has 2 heterocycles. The number of hydrogen-bond acceptors (Lipinski definition) is 4. The number of thioether (sulfide) groups is 1. The third kappa shape index (κ3) is 3.70. The van der Waals surface area contributed by atoms with Crippen LogP contribution in [-0.2, 0) is 10.5 Å². The van der Waals surface area contributed by atoms with Crippen LogP contribution in [0.4, 0.5) is 4.39 Å². The van der Waals surface area contributed by atoms with Crippen LogP contribution in [0.3, 0.4) is 0 Å². The van der Waals surface area contributed by atoms with E-state index in [1.807, 2.05) is 48.5 Å². The summed E-state index contributed by atoms with van der Waals surface area (Å²) in [4.78, 5) is 20.0. The number of fused-ring (bicyclic) bond motifs is 2. The minimum absolute atomic E-state index is 0.0634. The van der Waals surface area contributed by atoms with Gasteiger partial charge in [0.1, 0.15) is 17.3 Å². The van der Waals surface area contributed by atoms with Gasteiger partial charge < -0.3 is 4.74 Å². The molecule has 0 N–H and O–H groups in total. The minimum atomic E-state index is -0.484. The molecule has 31 heavy (non-hydrogen) atoms. The quantitative estimate of drug-likeness (QED) is 0.500. The number of carbonyl (C=O) groups is 1. The van der Waals surface area contributed by atoms with Crippen LogP contribution < -0.4 is 4.74 Å². The van der Waals surface area contributed by atoms with Crippen LogP contribution in [0.2, 0.25) is 5.02 Å². The highest BCUT2D eigenvalue weighted by molar-refractivity contribution is 8.13. The average Bonchev–Trinajstić information content (AvgIpc) is 3.25. The summed E-state index contributed by atoms with van der Waals surface area (Å²) in [6.45, 7) is 1.01. The predicted octanol–water partition coefficient (Wildman–Crippen LogP) is 5.85. The number of ether oxygens (including phenoxy) is 1. The lowest BCUT2D eigenvalue weighted by atomic mass is 9.87. The van der Waals surface area contributed by atoms with Gasteiger partial charge in [0.2, 0.25) is 5.91 Å². The van der Waals surface area contributed by atoms with Crippen molar-refractivity contribution in [3.05, 3.63) is 94.3 Å². The number of para-hydroxylation sites is 2. The molecule has 156 valence electrons. The topological polar surface area (TPSA) is 41.9 Å². The zero-order valence-corrected chi connectivity index (χ0v) is 18.0. The van der Waals surface area contributed by atoms with Crippen molar-refractivity contribution in [2.45, 2.75) is 11.7 Å². The molecule has 0 saturated carbocycles. The minimum Gasteiger partial charge on any atom is -0.457 e. The maximum Gasteiger partial charge on any atom is 0.240 e. The van der Waals surface area contributed by atoms with Gasteiger partial charge in [-0.25, -0.2) is 4.39 Å². The Morgan fingerprint density at radius 2 is 1.74 bits per heavy atom. The summed E-state index contributed by atoms with van der Waals surface area (Å²) >= 11 is 7.49. The Kier molecular flexibility index (Phi) is 5.42. The van der Waals surface area contributed by atoms with Crippen molar-refractivity contribution in [3.63, 3.8) is 0 Å². The Morgan fingerprint density at radius 1 is 1.06 bits per heavy atom. The number of amidine groups is 1. The first-order valence-corrected chi connectivity index (χ1v) is 11.3. The zero-order chi connectivity index (χ0) is 21.4. The van der Waals surface area contributed by atoms with E-state index in [9.17, 15) is 9.18 Å².